The van der Waals surface area contributed by atoms with E-state index in [-0.39, 0.29) is 12.1 Å². The summed E-state index contributed by atoms with van der Waals surface area (Å²) in [7, 11) is 0. The quantitative estimate of drug-likeness (QED) is 0.567. The number of amidine groups is 1. The molecule has 0 aliphatic carbocycles. The summed E-state index contributed by atoms with van der Waals surface area (Å²) in [4.78, 5) is 6.98. The van der Waals surface area contributed by atoms with Gasteiger partial charge in [-0.05, 0) is 26.0 Å². The van der Waals surface area contributed by atoms with Crippen LogP contribution in [0.1, 0.15) is 20.8 Å². The minimum absolute atomic E-state index is 0.181. The Morgan fingerprint density at radius 2 is 1.94 bits per heavy atom. The average molecular weight is 244 g/mol. The second kappa shape index (κ2) is 5.89. The SMILES string of the molecule is CSC(=NC(C)[C@H](C)C(C)N)N1CC(N)C1. The Morgan fingerprint density at radius 3 is 2.31 bits per heavy atom. The lowest BCUT2D eigenvalue weighted by atomic mass is 9.97. The number of likely N-dealkylation sites (tertiary alicyclic amines) is 1. The van der Waals surface area contributed by atoms with Crippen molar-refractivity contribution in [1.29, 1.82) is 0 Å². The second-order valence-electron chi connectivity index (χ2n) is 4.74. The Balaban J connectivity index is 2.57. The molecule has 1 rings (SSSR count). The molecule has 0 aromatic rings. The van der Waals surface area contributed by atoms with E-state index in [0.717, 1.165) is 18.3 Å². The van der Waals surface area contributed by atoms with Crippen LogP contribution in [0, 0.1) is 5.92 Å². The lowest BCUT2D eigenvalue weighted by Crippen LogP contribution is -2.57. The van der Waals surface area contributed by atoms with Crippen LogP contribution in [-0.4, -0.2) is 47.5 Å². The van der Waals surface area contributed by atoms with E-state index in [9.17, 15) is 0 Å². The van der Waals surface area contributed by atoms with E-state index >= 15 is 0 Å². The lowest BCUT2D eigenvalue weighted by Gasteiger charge is -2.39. The monoisotopic (exact) mass is 244 g/mol. The molecule has 4 nitrogen and oxygen atoms in total. The van der Waals surface area contributed by atoms with E-state index in [0.29, 0.717) is 12.0 Å². The molecule has 0 aromatic carbocycles. The number of aliphatic imine (C=N–C) groups is 1. The van der Waals surface area contributed by atoms with Crippen molar-refractivity contribution >= 4 is 16.9 Å². The van der Waals surface area contributed by atoms with Crippen molar-refractivity contribution in [2.75, 3.05) is 19.3 Å². The Labute approximate surface area is 103 Å². The summed E-state index contributed by atoms with van der Waals surface area (Å²) in [5.41, 5.74) is 11.7. The van der Waals surface area contributed by atoms with Crippen LogP contribution in [0.25, 0.3) is 0 Å². The van der Waals surface area contributed by atoms with Gasteiger partial charge in [-0.3, -0.25) is 4.99 Å². The zero-order chi connectivity index (χ0) is 12.3. The molecule has 0 amide bonds. The number of nitrogens with zero attached hydrogens (tertiary/aromatic N) is 2. The fraction of sp³-hybridized carbons (Fsp3) is 0.909. The van der Waals surface area contributed by atoms with Crippen molar-refractivity contribution in [1.82, 2.24) is 4.90 Å². The highest BCUT2D eigenvalue weighted by Crippen LogP contribution is 2.17. The van der Waals surface area contributed by atoms with E-state index in [2.05, 4.69) is 25.0 Å². The number of hydrogen-bond donors (Lipinski definition) is 2. The smallest absolute Gasteiger partial charge is 0.159 e. The van der Waals surface area contributed by atoms with E-state index in [1.54, 1.807) is 11.8 Å². The van der Waals surface area contributed by atoms with E-state index < -0.39 is 0 Å². The molecule has 0 saturated carbocycles. The standard InChI is InChI=1S/C11H24N4S/c1-7(8(2)12)9(3)14-11(16-4)15-5-10(13)6-15/h7-10H,5-6,12-13H2,1-4H3/t7-,8?,9?/m1/s1. The first kappa shape index (κ1) is 13.8. The molecule has 4 N–H and O–H groups in total. The summed E-state index contributed by atoms with van der Waals surface area (Å²) in [6, 6.07) is 0.762. The van der Waals surface area contributed by atoms with Gasteiger partial charge in [-0.15, -0.1) is 0 Å². The highest BCUT2D eigenvalue weighted by atomic mass is 32.2. The molecule has 94 valence electrons. The van der Waals surface area contributed by atoms with Gasteiger partial charge in [0, 0.05) is 25.2 Å². The largest absolute Gasteiger partial charge is 0.348 e. The first-order chi connectivity index (χ1) is 7.45. The number of hydrogen-bond acceptors (Lipinski definition) is 4. The predicted molar refractivity (Wildman–Crippen MR) is 72.8 cm³/mol. The third-order valence-corrected chi connectivity index (χ3v) is 4.00. The van der Waals surface area contributed by atoms with Gasteiger partial charge in [0.25, 0.3) is 0 Å². The first-order valence-electron chi connectivity index (χ1n) is 5.83. The van der Waals surface area contributed by atoms with Crippen molar-refractivity contribution in [2.45, 2.75) is 38.9 Å². The topological polar surface area (TPSA) is 67.6 Å². The summed E-state index contributed by atoms with van der Waals surface area (Å²) in [6.45, 7) is 8.18. The minimum Gasteiger partial charge on any atom is -0.348 e. The van der Waals surface area contributed by atoms with Crippen LogP contribution < -0.4 is 11.5 Å². The van der Waals surface area contributed by atoms with Crippen molar-refractivity contribution in [3.63, 3.8) is 0 Å². The van der Waals surface area contributed by atoms with Crippen LogP contribution >= 0.6 is 11.8 Å². The molecule has 1 aliphatic rings. The zero-order valence-corrected chi connectivity index (χ0v) is 11.5. The highest BCUT2D eigenvalue weighted by Gasteiger charge is 2.26. The van der Waals surface area contributed by atoms with Gasteiger partial charge in [0.05, 0.1) is 6.04 Å². The molecule has 1 saturated heterocycles. The Morgan fingerprint density at radius 1 is 1.38 bits per heavy atom. The number of rotatable bonds is 3. The second-order valence-corrected chi connectivity index (χ2v) is 5.51. The van der Waals surface area contributed by atoms with Crippen molar-refractivity contribution in [3.05, 3.63) is 0 Å². The fourth-order valence-electron chi connectivity index (χ4n) is 1.66. The molecular formula is C11H24N4S. The molecule has 0 radical (unpaired) electrons. The van der Waals surface area contributed by atoms with Gasteiger partial charge in [0.15, 0.2) is 5.17 Å². The Bertz CT molecular complexity index is 248. The summed E-state index contributed by atoms with van der Waals surface area (Å²) < 4.78 is 0. The van der Waals surface area contributed by atoms with Gasteiger partial charge in [-0.2, -0.15) is 0 Å². The fourth-order valence-corrected chi connectivity index (χ4v) is 2.34. The molecule has 1 fully saturated rings. The summed E-state index contributed by atoms with van der Waals surface area (Å²) in [5, 5.41) is 1.10. The molecular weight excluding hydrogens is 220 g/mol. The van der Waals surface area contributed by atoms with Crippen molar-refractivity contribution in [3.8, 4) is 0 Å². The Kier molecular flexibility index (Phi) is 5.08. The maximum Gasteiger partial charge on any atom is 0.159 e. The van der Waals surface area contributed by atoms with Crippen molar-refractivity contribution < 1.29 is 0 Å². The third kappa shape index (κ3) is 3.37. The minimum atomic E-state index is 0.181. The first-order valence-corrected chi connectivity index (χ1v) is 7.06. The highest BCUT2D eigenvalue weighted by molar-refractivity contribution is 8.13. The van der Waals surface area contributed by atoms with Crippen LogP contribution in [0.4, 0.5) is 0 Å². The predicted octanol–water partition coefficient (Wildman–Crippen LogP) is 0.720. The molecule has 5 heteroatoms. The van der Waals surface area contributed by atoms with Gasteiger partial charge in [-0.25, -0.2) is 0 Å². The maximum atomic E-state index is 5.89. The van der Waals surface area contributed by atoms with Gasteiger partial charge in [-0.1, -0.05) is 18.7 Å². The van der Waals surface area contributed by atoms with Gasteiger partial charge in [0.2, 0.25) is 0 Å². The van der Waals surface area contributed by atoms with Gasteiger partial charge in [0.1, 0.15) is 0 Å². The molecule has 1 heterocycles. The van der Waals surface area contributed by atoms with E-state index in [1.165, 1.54) is 0 Å². The van der Waals surface area contributed by atoms with Crippen LogP contribution in [0.2, 0.25) is 0 Å². The molecule has 1 aliphatic heterocycles. The molecule has 16 heavy (non-hydrogen) atoms. The molecule has 2 unspecified atom stereocenters. The summed E-state index contributed by atoms with van der Waals surface area (Å²) >= 11 is 1.69. The van der Waals surface area contributed by atoms with Crippen molar-refractivity contribution in [2.24, 2.45) is 22.4 Å². The maximum absolute atomic E-state index is 5.89. The summed E-state index contributed by atoms with van der Waals surface area (Å²) in [5.74, 6) is 0.400. The van der Waals surface area contributed by atoms with Gasteiger partial charge >= 0.3 is 0 Å². The Hall–Kier alpha value is -0.260. The third-order valence-electron chi connectivity index (χ3n) is 3.27. The van der Waals surface area contributed by atoms with Crippen LogP contribution in [0.5, 0.6) is 0 Å². The summed E-state index contributed by atoms with van der Waals surface area (Å²) in [6.07, 6.45) is 2.06. The van der Waals surface area contributed by atoms with E-state index in [4.69, 9.17) is 16.5 Å². The van der Waals surface area contributed by atoms with Crippen LogP contribution in [0.3, 0.4) is 0 Å². The van der Waals surface area contributed by atoms with Crippen LogP contribution in [-0.2, 0) is 0 Å². The molecule has 0 aromatic heterocycles. The molecule has 0 bridgehead atoms. The van der Waals surface area contributed by atoms with Gasteiger partial charge < -0.3 is 16.4 Å². The average Bonchev–Trinajstić information content (AvgIpc) is 2.20. The van der Waals surface area contributed by atoms with Crippen LogP contribution in [0.15, 0.2) is 4.99 Å². The normalized spacial score (nSPS) is 23.9. The van der Waals surface area contributed by atoms with E-state index in [1.807, 2.05) is 6.92 Å². The lowest BCUT2D eigenvalue weighted by molar-refractivity contribution is 0.257. The number of nitrogens with two attached hydrogens (primary N) is 2. The molecule has 3 atom stereocenters. The molecule has 0 spiro atoms. The number of thioether (sulfide) groups is 1. The zero-order valence-electron chi connectivity index (χ0n) is 10.7.